The van der Waals surface area contributed by atoms with E-state index in [1.807, 2.05) is 4.90 Å². The van der Waals surface area contributed by atoms with Crippen LogP contribution >= 0.6 is 11.6 Å². The maximum absolute atomic E-state index is 16.0. The summed E-state index contributed by atoms with van der Waals surface area (Å²) in [6.45, 7) is 9.81. The lowest BCUT2D eigenvalue weighted by Crippen LogP contribution is -2.52. The molecule has 4 N–H and O–H groups in total. The van der Waals surface area contributed by atoms with Crippen molar-refractivity contribution in [2.45, 2.75) is 127 Å². The van der Waals surface area contributed by atoms with Gasteiger partial charge >= 0.3 is 12.2 Å². The van der Waals surface area contributed by atoms with Gasteiger partial charge in [0.2, 0.25) is 11.8 Å². The number of nitrogen functional groups attached to an aromatic ring is 1. The van der Waals surface area contributed by atoms with Crippen LogP contribution in [0.4, 0.5) is 33.6 Å². The third-order valence-electron chi connectivity index (χ3n) is 15.1. The Morgan fingerprint density at radius 3 is 2.15 bits per heavy atom. The van der Waals surface area contributed by atoms with Crippen LogP contribution in [-0.2, 0) is 22.3 Å². The van der Waals surface area contributed by atoms with Gasteiger partial charge in [0.1, 0.15) is 29.0 Å². The van der Waals surface area contributed by atoms with Crippen LogP contribution in [0.3, 0.4) is 0 Å². The van der Waals surface area contributed by atoms with Gasteiger partial charge < -0.3 is 35.4 Å². The molecular weight excluding hydrogens is 947 g/mol. The number of anilines is 2. The summed E-state index contributed by atoms with van der Waals surface area (Å²) in [7, 11) is 1.34. The van der Waals surface area contributed by atoms with Gasteiger partial charge in [-0.15, -0.1) is 0 Å². The highest BCUT2D eigenvalue weighted by molar-refractivity contribution is 6.34. The molecule has 0 saturated carbocycles. The first-order valence-corrected chi connectivity index (χ1v) is 25.4. The van der Waals surface area contributed by atoms with E-state index in [0.717, 1.165) is 62.5 Å². The van der Waals surface area contributed by atoms with Crippen LogP contribution in [0.25, 0.3) is 22.2 Å². The Morgan fingerprint density at radius 1 is 0.845 bits per heavy atom. The van der Waals surface area contributed by atoms with E-state index in [9.17, 15) is 31.9 Å². The number of carbonyl (C=O) groups is 3. The molecule has 6 aliphatic heterocycles. The first-order valence-electron chi connectivity index (χ1n) is 25.1. The first-order chi connectivity index (χ1) is 34.1. The molecule has 382 valence electrons. The zero-order chi connectivity index (χ0) is 50.1. The SMILES string of the molecule is COc1nc(N2CC3CCC(C2)N3)c2cc(Cl)c(-c3nc(N)cc(C)c3C(F)(F)F)c(F)c2n1.O=C1CCC(N2Cc3c(cc(F)cc3C3CCN(CCCCCCCN4CCCC4)CC3)C2=O)C(=O)N1. The number of likely N-dealkylation sites (tertiary alicyclic amines) is 2. The number of alkyl halides is 3. The average Bonchev–Trinajstić information content (AvgIpc) is 4.06. The number of nitrogens with two attached hydrogens (primary N) is 1. The summed E-state index contributed by atoms with van der Waals surface area (Å²) in [6.07, 6.45) is 8.91. The molecule has 5 saturated heterocycles. The van der Waals surface area contributed by atoms with Crippen molar-refractivity contribution in [3.8, 4) is 17.3 Å². The van der Waals surface area contributed by atoms with Gasteiger partial charge in [-0.3, -0.25) is 19.7 Å². The van der Waals surface area contributed by atoms with Crippen LogP contribution < -0.4 is 26.0 Å². The van der Waals surface area contributed by atoms with E-state index in [0.29, 0.717) is 37.4 Å². The molecular formula is C51H62ClF5N10O4. The number of piperazine rings is 1. The van der Waals surface area contributed by atoms with Crippen LogP contribution in [0, 0.1) is 18.6 Å². The van der Waals surface area contributed by atoms with E-state index in [4.69, 9.17) is 22.1 Å². The number of imide groups is 1. The number of aryl methyl sites for hydroxylation is 1. The second kappa shape index (κ2) is 21.5. The molecule has 2 bridgehead atoms. The third kappa shape index (κ3) is 11.1. The lowest BCUT2D eigenvalue weighted by Gasteiger charge is -2.34. The molecule has 0 radical (unpaired) electrons. The Hall–Kier alpha value is -5.24. The number of aromatic nitrogens is 3. The number of fused-ring (bicyclic) bond motifs is 4. The molecule has 2 aromatic heterocycles. The predicted molar refractivity (Wildman–Crippen MR) is 260 cm³/mol. The second-order valence-corrected chi connectivity index (χ2v) is 20.4. The zero-order valence-corrected chi connectivity index (χ0v) is 41.0. The van der Waals surface area contributed by atoms with Crippen LogP contribution in [0.15, 0.2) is 24.3 Å². The summed E-state index contributed by atoms with van der Waals surface area (Å²) in [5, 5.41) is 5.88. The Labute approximate surface area is 415 Å². The number of nitrogens with one attached hydrogen (secondary N) is 2. The van der Waals surface area contributed by atoms with E-state index < -0.39 is 40.8 Å². The predicted octanol–water partition coefficient (Wildman–Crippen LogP) is 8.16. The standard InChI is InChI=1S/C29H41FN4O3.C22H21ClF4N6O/c30-22-18-23(25-20-34(29(37)24(25)19-22)26-8-9-27(35)31-28(26)36)21-10-16-33(17-11-21)13-5-3-1-2-4-12-32-14-6-7-15-32;1-9-5-14(28)30-19(16(9)22(25,26)27)15-13(23)6-12-18(17(15)24)31-21(34-2)32-20(12)33-7-10-3-4-11(8-33)29-10/h18-19,21,26H,1-17,20H2,(H,31,35,36);5-6,10-11,29H,3-4,7-8H2,1-2H3,(H2,28,30). The molecule has 5 fully saturated rings. The summed E-state index contributed by atoms with van der Waals surface area (Å²) < 4.78 is 77.5. The number of rotatable bonds is 13. The van der Waals surface area contributed by atoms with Crippen LogP contribution in [0.5, 0.6) is 6.01 Å². The number of unbranched alkanes of at least 4 members (excludes halogenated alkanes) is 4. The number of halogens is 6. The summed E-state index contributed by atoms with van der Waals surface area (Å²) in [4.78, 5) is 58.1. The van der Waals surface area contributed by atoms with Crippen LogP contribution in [0.2, 0.25) is 5.02 Å². The molecule has 2 aromatic carbocycles. The third-order valence-corrected chi connectivity index (χ3v) is 15.4. The number of ether oxygens (including phenoxy) is 1. The summed E-state index contributed by atoms with van der Waals surface area (Å²) in [6, 6.07) is 5.14. The molecule has 4 aromatic rings. The highest BCUT2D eigenvalue weighted by atomic mass is 35.5. The molecule has 3 unspecified atom stereocenters. The topological polar surface area (TPSA) is 162 Å². The molecule has 10 rings (SSSR count). The fourth-order valence-corrected chi connectivity index (χ4v) is 11.9. The van der Waals surface area contributed by atoms with Crippen molar-refractivity contribution in [2.24, 2.45) is 0 Å². The number of benzene rings is 2. The van der Waals surface area contributed by atoms with E-state index in [2.05, 4.69) is 35.4 Å². The Bertz CT molecular complexity index is 2650. The number of methoxy groups -OCH3 is 1. The highest BCUT2D eigenvalue weighted by Gasteiger charge is 2.42. The quantitative estimate of drug-likeness (QED) is 0.0671. The van der Waals surface area contributed by atoms with Crippen molar-refractivity contribution in [1.82, 2.24) is 40.3 Å². The minimum atomic E-state index is -4.81. The van der Waals surface area contributed by atoms with E-state index in [1.54, 1.807) is 6.07 Å². The van der Waals surface area contributed by atoms with Crippen LogP contribution in [0.1, 0.15) is 122 Å². The molecule has 3 amide bonds. The number of carbonyl (C=O) groups excluding carboxylic acids is 3. The molecule has 14 nitrogen and oxygen atoms in total. The number of piperidine rings is 2. The number of nitrogens with zero attached hydrogens (tertiary/aromatic N) is 7. The minimum Gasteiger partial charge on any atom is -0.467 e. The molecule has 0 spiro atoms. The normalized spacial score (nSPS) is 22.0. The molecule has 20 heteroatoms. The molecule has 71 heavy (non-hydrogen) atoms. The molecule has 0 aliphatic carbocycles. The van der Waals surface area contributed by atoms with Crippen molar-refractivity contribution in [2.75, 3.05) is 70.1 Å². The summed E-state index contributed by atoms with van der Waals surface area (Å²) in [5.74, 6) is -2.02. The van der Waals surface area contributed by atoms with Crippen LogP contribution in [-0.4, -0.2) is 125 Å². The largest absolute Gasteiger partial charge is 0.467 e. The van der Waals surface area contributed by atoms with E-state index >= 15 is 4.39 Å². The van der Waals surface area contributed by atoms with E-state index in [-0.39, 0.29) is 75.4 Å². The van der Waals surface area contributed by atoms with Crippen molar-refractivity contribution in [3.63, 3.8) is 0 Å². The first kappa shape index (κ1) is 50.7. The fourth-order valence-electron chi connectivity index (χ4n) is 11.6. The number of hydrogen-bond donors (Lipinski definition) is 3. The van der Waals surface area contributed by atoms with Gasteiger partial charge in [-0.2, -0.15) is 23.1 Å². The maximum atomic E-state index is 16.0. The summed E-state index contributed by atoms with van der Waals surface area (Å²) in [5.41, 5.74) is 5.17. The van der Waals surface area contributed by atoms with Gasteiger partial charge in [-0.1, -0.05) is 30.9 Å². The zero-order valence-electron chi connectivity index (χ0n) is 40.3. The Morgan fingerprint density at radius 2 is 1.51 bits per heavy atom. The molecule has 6 aliphatic rings. The lowest BCUT2D eigenvalue weighted by atomic mass is 9.85. The lowest BCUT2D eigenvalue weighted by molar-refractivity contribution is -0.138. The second-order valence-electron chi connectivity index (χ2n) is 20.0. The molecule has 8 heterocycles. The van der Waals surface area contributed by atoms with Gasteiger partial charge in [-0.05, 0) is 151 Å². The number of hydrogen-bond acceptors (Lipinski definition) is 12. The van der Waals surface area contributed by atoms with Crippen molar-refractivity contribution >= 4 is 51.9 Å². The highest BCUT2D eigenvalue weighted by Crippen LogP contribution is 2.45. The van der Waals surface area contributed by atoms with Gasteiger partial charge in [-0.25, -0.2) is 13.8 Å². The number of pyridine rings is 1. The van der Waals surface area contributed by atoms with Gasteiger partial charge in [0.15, 0.2) is 5.82 Å². The monoisotopic (exact) mass is 1010 g/mol. The fraction of sp³-hybridized carbons (Fsp3) is 0.569. The minimum absolute atomic E-state index is 0.103. The summed E-state index contributed by atoms with van der Waals surface area (Å²) >= 11 is 6.42. The van der Waals surface area contributed by atoms with Gasteiger partial charge in [0, 0.05) is 49.1 Å². The van der Waals surface area contributed by atoms with Gasteiger partial charge in [0.05, 0.1) is 29.0 Å². The van der Waals surface area contributed by atoms with Gasteiger partial charge in [0.25, 0.3) is 5.91 Å². The van der Waals surface area contributed by atoms with Crippen molar-refractivity contribution < 1.29 is 41.1 Å². The Kier molecular flexibility index (Phi) is 15.3. The number of amides is 3. The average molecular weight is 1010 g/mol. The van der Waals surface area contributed by atoms with Crippen molar-refractivity contribution in [1.29, 1.82) is 0 Å². The molecule has 3 atom stereocenters. The Balaban J connectivity index is 0.000000176. The van der Waals surface area contributed by atoms with Crippen molar-refractivity contribution in [3.05, 3.63) is 68.7 Å². The van der Waals surface area contributed by atoms with E-state index in [1.165, 1.54) is 95.6 Å². The maximum Gasteiger partial charge on any atom is 0.418 e. The smallest absolute Gasteiger partial charge is 0.418 e.